The minimum Gasteiger partial charge on any atom is -0.320 e. The molecule has 6 heteroatoms. The van der Waals surface area contributed by atoms with Gasteiger partial charge < -0.3 is 4.98 Å². The number of hydrogen-bond acceptors (Lipinski definition) is 3. The maximum Gasteiger partial charge on any atom is 0.266 e. The summed E-state index contributed by atoms with van der Waals surface area (Å²) in [4.78, 5) is 15.4. The Hall–Kier alpha value is -2.78. The third-order valence-corrected chi connectivity index (χ3v) is 4.05. The molecule has 3 aromatic rings. The number of thiophene rings is 1. The number of aromatic amines is 1. The van der Waals surface area contributed by atoms with Crippen LogP contribution in [-0.4, -0.2) is 4.98 Å². The first kappa shape index (κ1) is 14.2. The normalized spacial score (nSPS) is 10.4. The van der Waals surface area contributed by atoms with E-state index < -0.39 is 17.2 Å². The molecule has 0 bridgehead atoms. The molecule has 0 unspecified atom stereocenters. The number of nitrogens with zero attached hydrogens (tertiary/aromatic N) is 1. The first-order chi connectivity index (χ1) is 10.6. The van der Waals surface area contributed by atoms with E-state index in [1.165, 1.54) is 17.4 Å². The van der Waals surface area contributed by atoms with E-state index in [1.54, 1.807) is 18.2 Å². The predicted molar refractivity (Wildman–Crippen MR) is 80.4 cm³/mol. The van der Waals surface area contributed by atoms with E-state index in [0.717, 1.165) is 23.1 Å². The molecule has 0 aliphatic rings. The van der Waals surface area contributed by atoms with E-state index in [-0.39, 0.29) is 16.7 Å². The zero-order valence-corrected chi connectivity index (χ0v) is 11.9. The number of hydrogen-bond donors (Lipinski definition) is 1. The highest BCUT2D eigenvalue weighted by atomic mass is 32.1. The monoisotopic (exact) mass is 314 g/mol. The molecule has 3 nitrogen and oxygen atoms in total. The van der Waals surface area contributed by atoms with Gasteiger partial charge in [0.2, 0.25) is 0 Å². The van der Waals surface area contributed by atoms with Gasteiger partial charge in [0.1, 0.15) is 23.3 Å². The number of nitriles is 1. The maximum absolute atomic E-state index is 14.0. The average Bonchev–Trinajstić information content (AvgIpc) is 3.03. The molecular weight excluding hydrogens is 306 g/mol. The van der Waals surface area contributed by atoms with Crippen molar-refractivity contribution in [1.29, 1.82) is 5.26 Å². The van der Waals surface area contributed by atoms with Gasteiger partial charge in [-0.05, 0) is 35.7 Å². The second-order valence-electron chi connectivity index (χ2n) is 4.51. The van der Waals surface area contributed by atoms with Crippen LogP contribution in [-0.2, 0) is 0 Å². The summed E-state index contributed by atoms with van der Waals surface area (Å²) in [7, 11) is 0. The van der Waals surface area contributed by atoms with Gasteiger partial charge in [-0.1, -0.05) is 6.07 Å². The number of aromatic nitrogens is 1. The lowest BCUT2D eigenvalue weighted by Gasteiger charge is -2.08. The van der Waals surface area contributed by atoms with Crippen LogP contribution in [0.25, 0.3) is 21.7 Å². The minimum absolute atomic E-state index is 0.0756. The first-order valence-electron chi connectivity index (χ1n) is 6.27. The molecule has 0 atom stereocenters. The standard InChI is InChI=1S/C16H8F2N2OS/c17-9-3-4-13(18)11(6-9)10-7-14(15-2-1-5-22-15)20-16(21)12(10)8-19/h1-7H,(H,20,21). The van der Waals surface area contributed by atoms with Crippen molar-refractivity contribution in [2.24, 2.45) is 0 Å². The highest BCUT2D eigenvalue weighted by Crippen LogP contribution is 2.30. The van der Waals surface area contributed by atoms with Crippen LogP contribution in [0.1, 0.15) is 5.56 Å². The number of halogens is 2. The van der Waals surface area contributed by atoms with Crippen molar-refractivity contribution >= 4 is 11.3 Å². The summed E-state index contributed by atoms with van der Waals surface area (Å²) in [5, 5.41) is 11.0. The highest BCUT2D eigenvalue weighted by Gasteiger charge is 2.16. The van der Waals surface area contributed by atoms with Crippen LogP contribution in [0.4, 0.5) is 8.78 Å². The molecule has 2 aromatic heterocycles. The van der Waals surface area contributed by atoms with Crippen molar-refractivity contribution in [3.05, 3.63) is 69.3 Å². The summed E-state index contributed by atoms with van der Waals surface area (Å²) in [5.41, 5.74) is -0.457. The molecule has 2 heterocycles. The summed E-state index contributed by atoms with van der Waals surface area (Å²) in [6.45, 7) is 0. The van der Waals surface area contributed by atoms with Crippen molar-refractivity contribution < 1.29 is 8.78 Å². The van der Waals surface area contributed by atoms with E-state index in [0.29, 0.717) is 5.69 Å². The molecule has 0 saturated carbocycles. The van der Waals surface area contributed by atoms with Gasteiger partial charge in [-0.15, -0.1) is 11.3 Å². The smallest absolute Gasteiger partial charge is 0.266 e. The largest absolute Gasteiger partial charge is 0.320 e. The summed E-state index contributed by atoms with van der Waals surface area (Å²) in [6.07, 6.45) is 0. The summed E-state index contributed by atoms with van der Waals surface area (Å²) < 4.78 is 27.4. The lowest BCUT2D eigenvalue weighted by Crippen LogP contribution is -2.12. The number of H-pyrrole nitrogens is 1. The molecule has 3 rings (SSSR count). The van der Waals surface area contributed by atoms with E-state index in [9.17, 15) is 13.6 Å². The van der Waals surface area contributed by atoms with Crippen molar-refractivity contribution in [3.63, 3.8) is 0 Å². The van der Waals surface area contributed by atoms with E-state index >= 15 is 0 Å². The third kappa shape index (κ3) is 2.43. The van der Waals surface area contributed by atoms with Gasteiger partial charge >= 0.3 is 0 Å². The van der Waals surface area contributed by atoms with Gasteiger partial charge in [-0.3, -0.25) is 4.79 Å². The Morgan fingerprint density at radius 1 is 1.14 bits per heavy atom. The fraction of sp³-hybridized carbons (Fsp3) is 0. The number of pyridine rings is 1. The predicted octanol–water partition coefficient (Wildman–Crippen LogP) is 3.92. The van der Waals surface area contributed by atoms with Crippen LogP contribution in [0.15, 0.2) is 46.6 Å². The number of benzene rings is 1. The second-order valence-corrected chi connectivity index (χ2v) is 5.46. The average molecular weight is 314 g/mol. The van der Waals surface area contributed by atoms with Crippen LogP contribution >= 0.6 is 11.3 Å². The maximum atomic E-state index is 14.0. The molecule has 0 radical (unpaired) electrons. The molecular formula is C16H8F2N2OS. The molecule has 0 spiro atoms. The second kappa shape index (κ2) is 5.54. The molecule has 22 heavy (non-hydrogen) atoms. The fourth-order valence-corrected chi connectivity index (χ4v) is 2.85. The highest BCUT2D eigenvalue weighted by molar-refractivity contribution is 7.13. The van der Waals surface area contributed by atoms with Crippen LogP contribution in [0.5, 0.6) is 0 Å². The Bertz CT molecular complexity index is 940. The van der Waals surface area contributed by atoms with Crippen molar-refractivity contribution in [2.45, 2.75) is 0 Å². The molecule has 1 N–H and O–H groups in total. The zero-order valence-electron chi connectivity index (χ0n) is 11.1. The summed E-state index contributed by atoms with van der Waals surface area (Å²) in [6, 6.07) is 9.76. The quantitative estimate of drug-likeness (QED) is 0.779. The van der Waals surface area contributed by atoms with Gasteiger partial charge in [0.25, 0.3) is 5.56 Å². The third-order valence-electron chi connectivity index (χ3n) is 3.15. The van der Waals surface area contributed by atoms with Crippen LogP contribution < -0.4 is 5.56 Å². The van der Waals surface area contributed by atoms with Crippen LogP contribution in [0, 0.1) is 23.0 Å². The topological polar surface area (TPSA) is 56.6 Å². The van der Waals surface area contributed by atoms with E-state index in [2.05, 4.69) is 4.98 Å². The van der Waals surface area contributed by atoms with Gasteiger partial charge in [-0.25, -0.2) is 8.78 Å². The van der Waals surface area contributed by atoms with Gasteiger partial charge in [0.05, 0.1) is 10.6 Å². The minimum atomic E-state index is -0.694. The Morgan fingerprint density at radius 3 is 2.64 bits per heavy atom. The molecule has 1 aromatic carbocycles. The van der Waals surface area contributed by atoms with E-state index in [4.69, 9.17) is 5.26 Å². The van der Waals surface area contributed by atoms with Gasteiger partial charge in [0, 0.05) is 11.1 Å². The van der Waals surface area contributed by atoms with Gasteiger partial charge in [-0.2, -0.15) is 5.26 Å². The lowest BCUT2D eigenvalue weighted by molar-refractivity contribution is 0.603. The van der Waals surface area contributed by atoms with Crippen molar-refractivity contribution in [2.75, 3.05) is 0 Å². The lowest BCUT2D eigenvalue weighted by atomic mass is 10.00. The Morgan fingerprint density at radius 2 is 1.95 bits per heavy atom. The molecule has 0 saturated heterocycles. The molecule has 0 amide bonds. The van der Waals surface area contributed by atoms with Crippen molar-refractivity contribution in [1.82, 2.24) is 4.98 Å². The van der Waals surface area contributed by atoms with Crippen LogP contribution in [0.2, 0.25) is 0 Å². The molecule has 108 valence electrons. The Balaban J connectivity index is 2.33. The number of rotatable bonds is 2. The van der Waals surface area contributed by atoms with E-state index in [1.807, 2.05) is 5.38 Å². The summed E-state index contributed by atoms with van der Waals surface area (Å²) >= 11 is 1.39. The fourth-order valence-electron chi connectivity index (χ4n) is 2.15. The summed E-state index contributed by atoms with van der Waals surface area (Å²) in [5.74, 6) is -1.33. The van der Waals surface area contributed by atoms with Gasteiger partial charge in [0.15, 0.2) is 0 Å². The Labute approximate surface area is 128 Å². The molecule has 0 aliphatic heterocycles. The zero-order chi connectivity index (χ0) is 15.7. The Kier molecular flexibility index (Phi) is 3.57. The molecule has 0 fully saturated rings. The van der Waals surface area contributed by atoms with Crippen LogP contribution in [0.3, 0.4) is 0 Å². The number of nitrogens with one attached hydrogen (secondary N) is 1. The first-order valence-corrected chi connectivity index (χ1v) is 7.15. The molecule has 0 aliphatic carbocycles. The SMILES string of the molecule is N#Cc1c(-c2cc(F)ccc2F)cc(-c2cccs2)[nH]c1=O. The van der Waals surface area contributed by atoms with Crippen molar-refractivity contribution in [3.8, 4) is 27.8 Å².